The number of alkyl carbamates (subject to hydrolysis) is 1. The van der Waals surface area contributed by atoms with E-state index in [9.17, 15) is 19.7 Å². The molecular formula is C21H24N2O6. The minimum Gasteiger partial charge on any atom is -0.459 e. The molecule has 0 aliphatic heterocycles. The predicted octanol–water partition coefficient (Wildman–Crippen LogP) is 4.12. The van der Waals surface area contributed by atoms with Gasteiger partial charge >= 0.3 is 12.1 Å². The Morgan fingerprint density at radius 3 is 2.24 bits per heavy atom. The number of benzene rings is 2. The van der Waals surface area contributed by atoms with Crippen LogP contribution in [-0.2, 0) is 27.5 Å². The SMILES string of the molecule is CCCC[C@H](NC(=O)OCc1ccccc1)C(=O)OCc1ccc([N+](=O)[O-])cc1. The third-order valence-electron chi connectivity index (χ3n) is 4.16. The Morgan fingerprint density at radius 2 is 1.62 bits per heavy atom. The van der Waals surface area contributed by atoms with Crippen molar-refractivity contribution in [2.75, 3.05) is 0 Å². The van der Waals surface area contributed by atoms with Crippen LogP contribution < -0.4 is 5.32 Å². The first-order valence-electron chi connectivity index (χ1n) is 9.36. The Hall–Kier alpha value is -3.42. The van der Waals surface area contributed by atoms with Gasteiger partial charge in [0.25, 0.3) is 5.69 Å². The highest BCUT2D eigenvalue weighted by Crippen LogP contribution is 2.13. The second-order valence-corrected chi connectivity index (χ2v) is 6.43. The third-order valence-corrected chi connectivity index (χ3v) is 4.16. The molecule has 154 valence electrons. The van der Waals surface area contributed by atoms with Crippen LogP contribution in [0.4, 0.5) is 10.5 Å². The van der Waals surface area contributed by atoms with Crippen molar-refractivity contribution in [3.63, 3.8) is 0 Å². The van der Waals surface area contributed by atoms with E-state index in [4.69, 9.17) is 9.47 Å². The molecule has 0 unspecified atom stereocenters. The van der Waals surface area contributed by atoms with Gasteiger partial charge in [-0.15, -0.1) is 0 Å². The molecule has 29 heavy (non-hydrogen) atoms. The predicted molar refractivity (Wildman–Crippen MR) is 106 cm³/mol. The largest absolute Gasteiger partial charge is 0.459 e. The molecule has 2 aromatic carbocycles. The second kappa shape index (κ2) is 11.4. The van der Waals surface area contributed by atoms with Crippen LogP contribution in [0.3, 0.4) is 0 Å². The molecule has 1 amide bonds. The van der Waals surface area contributed by atoms with E-state index in [2.05, 4.69) is 5.32 Å². The highest BCUT2D eigenvalue weighted by Gasteiger charge is 2.22. The third kappa shape index (κ3) is 7.61. The zero-order valence-corrected chi connectivity index (χ0v) is 16.2. The number of non-ortho nitro benzene ring substituents is 1. The van der Waals surface area contributed by atoms with Crippen molar-refractivity contribution in [2.24, 2.45) is 0 Å². The van der Waals surface area contributed by atoms with Crippen LogP contribution in [-0.4, -0.2) is 23.0 Å². The van der Waals surface area contributed by atoms with Gasteiger partial charge in [-0.2, -0.15) is 0 Å². The molecule has 0 heterocycles. The number of ether oxygens (including phenoxy) is 2. The number of nitro benzene ring substituents is 1. The van der Waals surface area contributed by atoms with Gasteiger partial charge in [-0.25, -0.2) is 9.59 Å². The Labute approximate surface area is 169 Å². The summed E-state index contributed by atoms with van der Waals surface area (Å²) < 4.78 is 10.4. The van der Waals surface area contributed by atoms with E-state index in [0.717, 1.165) is 18.4 Å². The number of nitrogens with zero attached hydrogens (tertiary/aromatic N) is 1. The summed E-state index contributed by atoms with van der Waals surface area (Å²) in [5, 5.41) is 13.2. The molecule has 1 N–H and O–H groups in total. The minimum atomic E-state index is -0.823. The molecule has 2 aromatic rings. The summed E-state index contributed by atoms with van der Waals surface area (Å²) in [6, 6.07) is 14.1. The lowest BCUT2D eigenvalue weighted by molar-refractivity contribution is -0.384. The topological polar surface area (TPSA) is 108 Å². The van der Waals surface area contributed by atoms with Crippen molar-refractivity contribution in [3.05, 3.63) is 75.8 Å². The number of hydrogen-bond donors (Lipinski definition) is 1. The molecule has 0 aliphatic carbocycles. The van der Waals surface area contributed by atoms with E-state index in [1.165, 1.54) is 24.3 Å². The molecule has 0 spiro atoms. The fraction of sp³-hybridized carbons (Fsp3) is 0.333. The van der Waals surface area contributed by atoms with Gasteiger partial charge in [0.05, 0.1) is 4.92 Å². The standard InChI is InChI=1S/C21H24N2O6/c1-2-3-9-19(22-21(25)29-15-16-7-5-4-6-8-16)20(24)28-14-17-10-12-18(13-11-17)23(26)27/h4-8,10-13,19H,2-3,9,14-15H2,1H3,(H,22,25)/t19-/m0/s1. The Kier molecular flexibility index (Phi) is 8.62. The van der Waals surface area contributed by atoms with Crippen molar-refractivity contribution >= 4 is 17.7 Å². The molecule has 8 nitrogen and oxygen atoms in total. The highest BCUT2D eigenvalue weighted by atomic mass is 16.6. The lowest BCUT2D eigenvalue weighted by Crippen LogP contribution is -2.42. The van der Waals surface area contributed by atoms with Gasteiger partial charge in [0, 0.05) is 12.1 Å². The number of unbranched alkanes of at least 4 members (excludes halogenated alkanes) is 1. The van der Waals surface area contributed by atoms with Crippen molar-refractivity contribution < 1.29 is 24.0 Å². The van der Waals surface area contributed by atoms with Crippen molar-refractivity contribution in [3.8, 4) is 0 Å². The van der Waals surface area contributed by atoms with Crippen LogP contribution in [0, 0.1) is 10.1 Å². The number of esters is 1. The monoisotopic (exact) mass is 400 g/mol. The first-order valence-corrected chi connectivity index (χ1v) is 9.36. The molecule has 0 saturated heterocycles. The Bertz CT molecular complexity index is 808. The molecule has 0 radical (unpaired) electrons. The van der Waals surface area contributed by atoms with Crippen LogP contribution >= 0.6 is 0 Å². The zero-order valence-electron chi connectivity index (χ0n) is 16.2. The Morgan fingerprint density at radius 1 is 1.00 bits per heavy atom. The molecular weight excluding hydrogens is 376 g/mol. The van der Waals surface area contributed by atoms with Crippen molar-refractivity contribution in [2.45, 2.75) is 45.4 Å². The lowest BCUT2D eigenvalue weighted by Gasteiger charge is -2.17. The number of hydrogen-bond acceptors (Lipinski definition) is 6. The van der Waals surface area contributed by atoms with Crippen molar-refractivity contribution in [1.82, 2.24) is 5.32 Å². The summed E-state index contributed by atoms with van der Waals surface area (Å²) in [6.45, 7) is 2.04. The number of carbonyl (C=O) groups is 2. The van der Waals surface area contributed by atoms with E-state index >= 15 is 0 Å². The van der Waals surface area contributed by atoms with E-state index in [0.29, 0.717) is 12.0 Å². The fourth-order valence-electron chi connectivity index (χ4n) is 2.53. The van der Waals surface area contributed by atoms with Crippen LogP contribution in [0.25, 0.3) is 0 Å². The van der Waals surface area contributed by atoms with Gasteiger partial charge in [-0.1, -0.05) is 50.1 Å². The summed E-state index contributed by atoms with van der Waals surface area (Å²) in [4.78, 5) is 34.7. The van der Waals surface area contributed by atoms with E-state index < -0.39 is 23.0 Å². The maximum absolute atomic E-state index is 12.4. The van der Waals surface area contributed by atoms with E-state index in [1.54, 1.807) is 0 Å². The maximum Gasteiger partial charge on any atom is 0.408 e. The highest BCUT2D eigenvalue weighted by molar-refractivity contribution is 5.81. The van der Waals surface area contributed by atoms with Gasteiger partial charge in [0.15, 0.2) is 0 Å². The minimum absolute atomic E-state index is 0.0382. The average Bonchev–Trinajstić information content (AvgIpc) is 2.74. The zero-order chi connectivity index (χ0) is 21.1. The number of nitro groups is 1. The van der Waals surface area contributed by atoms with Gasteiger partial charge in [-0.05, 0) is 29.7 Å². The summed E-state index contributed by atoms with van der Waals surface area (Å²) >= 11 is 0. The Balaban J connectivity index is 1.87. The van der Waals surface area contributed by atoms with Crippen LogP contribution in [0.5, 0.6) is 0 Å². The molecule has 8 heteroatoms. The van der Waals surface area contributed by atoms with Gasteiger partial charge in [0.1, 0.15) is 19.3 Å². The summed E-state index contributed by atoms with van der Waals surface area (Å²) in [7, 11) is 0. The maximum atomic E-state index is 12.4. The molecule has 0 saturated carbocycles. The first-order chi connectivity index (χ1) is 14.0. The number of nitrogens with one attached hydrogen (secondary N) is 1. The van der Waals surface area contributed by atoms with Gasteiger partial charge in [-0.3, -0.25) is 10.1 Å². The summed E-state index contributed by atoms with van der Waals surface area (Å²) in [5.41, 5.74) is 1.42. The van der Waals surface area contributed by atoms with E-state index in [-0.39, 0.29) is 18.9 Å². The molecule has 0 aromatic heterocycles. The molecule has 2 rings (SSSR count). The first kappa shape index (κ1) is 21.9. The fourth-order valence-corrected chi connectivity index (χ4v) is 2.53. The smallest absolute Gasteiger partial charge is 0.408 e. The normalized spacial score (nSPS) is 11.3. The quantitative estimate of drug-likeness (QED) is 0.365. The number of carbonyl (C=O) groups excluding carboxylic acids is 2. The van der Waals surface area contributed by atoms with Crippen LogP contribution in [0.1, 0.15) is 37.3 Å². The average molecular weight is 400 g/mol. The summed E-state index contributed by atoms with van der Waals surface area (Å²) in [6.07, 6.45) is 1.32. The number of amides is 1. The van der Waals surface area contributed by atoms with Crippen molar-refractivity contribution in [1.29, 1.82) is 0 Å². The number of rotatable bonds is 10. The second-order valence-electron chi connectivity index (χ2n) is 6.43. The van der Waals surface area contributed by atoms with Crippen LogP contribution in [0.2, 0.25) is 0 Å². The summed E-state index contributed by atoms with van der Waals surface area (Å²) in [5.74, 6) is -0.575. The lowest BCUT2D eigenvalue weighted by atomic mass is 10.1. The molecule has 1 atom stereocenters. The molecule has 0 aliphatic rings. The van der Waals surface area contributed by atoms with Gasteiger partial charge in [0.2, 0.25) is 0 Å². The molecule has 0 fully saturated rings. The van der Waals surface area contributed by atoms with E-state index in [1.807, 2.05) is 37.3 Å². The molecule has 0 bridgehead atoms. The van der Waals surface area contributed by atoms with Gasteiger partial charge < -0.3 is 14.8 Å². The van der Waals surface area contributed by atoms with Crippen LogP contribution in [0.15, 0.2) is 54.6 Å².